The molecule has 0 unspecified atom stereocenters. The molecule has 2 aromatic rings. The Labute approximate surface area is 147 Å². The fraction of sp³-hybridized carbons (Fsp3) is 0.400. The van der Waals surface area contributed by atoms with E-state index in [-0.39, 0.29) is 5.91 Å². The highest BCUT2D eigenvalue weighted by Gasteiger charge is 2.18. The van der Waals surface area contributed by atoms with Gasteiger partial charge in [-0.05, 0) is 28.6 Å². The average Bonchev–Trinajstić information content (AvgIpc) is 2.93. The maximum atomic E-state index is 13.3. The molecule has 0 saturated carbocycles. The summed E-state index contributed by atoms with van der Waals surface area (Å²) in [6, 6.07) is 1.33. The molecule has 0 aliphatic heterocycles. The van der Waals surface area contributed by atoms with Crippen molar-refractivity contribution in [3.63, 3.8) is 0 Å². The van der Waals surface area contributed by atoms with Crippen molar-refractivity contribution in [2.24, 2.45) is 0 Å². The predicted octanol–water partition coefficient (Wildman–Crippen LogP) is 3.66. The van der Waals surface area contributed by atoms with E-state index in [1.54, 1.807) is 29.9 Å². The lowest BCUT2D eigenvalue weighted by Crippen LogP contribution is -2.26. The number of thioether (sulfide) groups is 1. The van der Waals surface area contributed by atoms with Crippen LogP contribution in [-0.4, -0.2) is 39.2 Å². The minimum atomic E-state index is -0.439. The van der Waals surface area contributed by atoms with Crippen LogP contribution in [0.1, 0.15) is 19.8 Å². The number of hydrogen-bond acceptors (Lipinski definition) is 4. The summed E-state index contributed by atoms with van der Waals surface area (Å²) in [5.74, 6) is -0.422. The summed E-state index contributed by atoms with van der Waals surface area (Å²) >= 11 is 5.09. The van der Waals surface area contributed by atoms with Crippen LogP contribution in [0.25, 0.3) is 5.69 Å². The number of amides is 1. The van der Waals surface area contributed by atoms with Gasteiger partial charge in [0.25, 0.3) is 0 Å². The molecular formula is C15H18BrFN4OS. The minimum Gasteiger partial charge on any atom is -0.312 e. The van der Waals surface area contributed by atoms with Gasteiger partial charge in [-0.1, -0.05) is 6.92 Å². The lowest BCUT2D eigenvalue weighted by atomic mass is 10.2. The van der Waals surface area contributed by atoms with Crippen LogP contribution >= 0.6 is 27.7 Å². The fourth-order valence-electron chi connectivity index (χ4n) is 1.97. The van der Waals surface area contributed by atoms with Crippen LogP contribution in [-0.2, 0) is 4.79 Å². The van der Waals surface area contributed by atoms with Gasteiger partial charge in [0, 0.05) is 24.8 Å². The number of carbonyl (C=O) groups excluding carboxylic acids is 1. The zero-order valence-electron chi connectivity index (χ0n) is 13.2. The minimum absolute atomic E-state index is 0.0171. The highest BCUT2D eigenvalue weighted by molar-refractivity contribution is 9.10. The first kappa shape index (κ1) is 17.9. The Morgan fingerprint density at radius 2 is 2.26 bits per heavy atom. The molecule has 0 fully saturated rings. The van der Waals surface area contributed by atoms with Crippen molar-refractivity contribution in [1.82, 2.24) is 14.8 Å². The van der Waals surface area contributed by atoms with Crippen LogP contribution in [0.5, 0.6) is 0 Å². The molecule has 0 spiro atoms. The second-order valence-corrected chi connectivity index (χ2v) is 7.18. The Morgan fingerprint density at radius 1 is 1.52 bits per heavy atom. The smallest absolute Gasteiger partial charge is 0.226 e. The standard InChI is InChI=1S/C15H18BrFN4OS/c1-10(23-3)4-5-14(22)20(2)13-9-21(19-15(13)16)12-6-11(17)7-18-8-12/h6-10H,4-5H2,1-3H3/t10-/m0/s1. The van der Waals surface area contributed by atoms with Crippen molar-refractivity contribution in [3.8, 4) is 5.69 Å². The van der Waals surface area contributed by atoms with Crippen molar-refractivity contribution in [2.75, 3.05) is 18.2 Å². The van der Waals surface area contributed by atoms with Gasteiger partial charge in [0.1, 0.15) is 5.82 Å². The SMILES string of the molecule is CS[C@@H](C)CCC(=O)N(C)c1cn(-c2cncc(F)c2)nc1Br. The predicted molar refractivity (Wildman–Crippen MR) is 94.6 cm³/mol. The summed E-state index contributed by atoms with van der Waals surface area (Å²) in [4.78, 5) is 17.7. The van der Waals surface area contributed by atoms with E-state index in [4.69, 9.17) is 0 Å². The van der Waals surface area contributed by atoms with E-state index >= 15 is 0 Å². The van der Waals surface area contributed by atoms with Crippen LogP contribution in [0.3, 0.4) is 0 Å². The maximum Gasteiger partial charge on any atom is 0.226 e. The number of aromatic nitrogens is 3. The van der Waals surface area contributed by atoms with Gasteiger partial charge >= 0.3 is 0 Å². The highest BCUT2D eigenvalue weighted by atomic mass is 79.9. The van der Waals surface area contributed by atoms with E-state index in [0.29, 0.717) is 27.6 Å². The number of anilines is 1. The molecule has 0 saturated heterocycles. The summed E-state index contributed by atoms with van der Waals surface area (Å²) in [6.07, 6.45) is 7.64. The summed E-state index contributed by atoms with van der Waals surface area (Å²) < 4.78 is 15.3. The van der Waals surface area contributed by atoms with Gasteiger partial charge in [-0.25, -0.2) is 9.07 Å². The van der Waals surface area contributed by atoms with E-state index in [9.17, 15) is 9.18 Å². The highest BCUT2D eigenvalue weighted by Crippen LogP contribution is 2.26. The van der Waals surface area contributed by atoms with Gasteiger partial charge in [-0.3, -0.25) is 9.78 Å². The monoisotopic (exact) mass is 400 g/mol. The normalized spacial score (nSPS) is 12.2. The van der Waals surface area contributed by atoms with Crippen LogP contribution in [0, 0.1) is 5.82 Å². The molecule has 5 nitrogen and oxygen atoms in total. The van der Waals surface area contributed by atoms with E-state index in [0.717, 1.165) is 12.6 Å². The average molecular weight is 401 g/mol. The van der Waals surface area contributed by atoms with Gasteiger partial charge < -0.3 is 4.90 Å². The first-order valence-corrected chi connectivity index (χ1v) is 9.16. The third-order valence-electron chi connectivity index (χ3n) is 3.51. The summed E-state index contributed by atoms with van der Waals surface area (Å²) in [5.41, 5.74) is 1.13. The van der Waals surface area contributed by atoms with Crippen molar-refractivity contribution < 1.29 is 9.18 Å². The van der Waals surface area contributed by atoms with E-state index in [1.807, 2.05) is 6.26 Å². The molecule has 2 heterocycles. The molecule has 0 N–H and O–H groups in total. The molecule has 23 heavy (non-hydrogen) atoms. The molecule has 2 rings (SSSR count). The molecule has 0 aliphatic rings. The van der Waals surface area contributed by atoms with Crippen molar-refractivity contribution in [2.45, 2.75) is 25.0 Å². The number of halogens is 2. The molecule has 1 atom stereocenters. The largest absolute Gasteiger partial charge is 0.312 e. The molecule has 1 amide bonds. The number of hydrogen-bond donors (Lipinski definition) is 0. The number of rotatable bonds is 6. The van der Waals surface area contributed by atoms with Crippen LogP contribution in [0.15, 0.2) is 29.3 Å². The van der Waals surface area contributed by atoms with Crippen molar-refractivity contribution in [3.05, 3.63) is 35.1 Å². The van der Waals surface area contributed by atoms with Crippen LogP contribution < -0.4 is 4.90 Å². The van der Waals surface area contributed by atoms with Crippen molar-refractivity contribution in [1.29, 1.82) is 0 Å². The summed E-state index contributed by atoms with van der Waals surface area (Å²) in [6.45, 7) is 2.10. The number of pyridine rings is 1. The lowest BCUT2D eigenvalue weighted by Gasteiger charge is -2.16. The Bertz CT molecular complexity index is 694. The topological polar surface area (TPSA) is 51.0 Å². The summed E-state index contributed by atoms with van der Waals surface area (Å²) in [5, 5.41) is 4.71. The number of carbonyl (C=O) groups is 1. The first-order valence-electron chi connectivity index (χ1n) is 7.07. The van der Waals surface area contributed by atoms with Crippen molar-refractivity contribution >= 4 is 39.3 Å². The molecule has 0 aromatic carbocycles. The maximum absolute atomic E-state index is 13.3. The number of nitrogens with zero attached hydrogens (tertiary/aromatic N) is 4. The Kier molecular flexibility index (Phi) is 6.17. The molecule has 2 aromatic heterocycles. The quantitative estimate of drug-likeness (QED) is 0.742. The molecule has 0 bridgehead atoms. The Hall–Kier alpha value is -1.41. The van der Waals surface area contributed by atoms with Gasteiger partial charge in [0.2, 0.25) is 5.91 Å². The first-order chi connectivity index (χ1) is 10.9. The van der Waals surface area contributed by atoms with Gasteiger partial charge in [-0.15, -0.1) is 0 Å². The summed E-state index contributed by atoms with van der Waals surface area (Å²) in [7, 11) is 1.71. The van der Waals surface area contributed by atoms with E-state index in [2.05, 4.69) is 32.9 Å². The molecular weight excluding hydrogens is 383 g/mol. The molecule has 8 heteroatoms. The third kappa shape index (κ3) is 4.54. The molecule has 0 aliphatic carbocycles. The van der Waals surface area contributed by atoms with E-state index < -0.39 is 5.82 Å². The Morgan fingerprint density at radius 3 is 2.91 bits per heavy atom. The van der Waals surface area contributed by atoms with Gasteiger partial charge in [0.15, 0.2) is 4.60 Å². The molecule has 124 valence electrons. The zero-order chi connectivity index (χ0) is 17.0. The Balaban J connectivity index is 2.15. The lowest BCUT2D eigenvalue weighted by molar-refractivity contribution is -0.118. The zero-order valence-corrected chi connectivity index (χ0v) is 15.6. The third-order valence-corrected chi connectivity index (χ3v) is 5.11. The fourth-order valence-corrected chi connectivity index (χ4v) is 2.87. The van der Waals surface area contributed by atoms with Gasteiger partial charge in [0.05, 0.1) is 30.0 Å². The molecule has 0 radical (unpaired) electrons. The van der Waals surface area contributed by atoms with Gasteiger partial charge in [-0.2, -0.15) is 16.9 Å². The second-order valence-electron chi connectivity index (χ2n) is 5.15. The van der Waals surface area contributed by atoms with E-state index in [1.165, 1.54) is 16.9 Å². The van der Waals surface area contributed by atoms with Crippen LogP contribution in [0.4, 0.5) is 10.1 Å². The second kappa shape index (κ2) is 7.92. The van der Waals surface area contributed by atoms with Crippen LogP contribution in [0.2, 0.25) is 0 Å².